The van der Waals surface area contributed by atoms with Gasteiger partial charge in [0.15, 0.2) is 0 Å². The Morgan fingerprint density at radius 2 is 1.75 bits per heavy atom. The highest BCUT2D eigenvalue weighted by atomic mass is 16.7. The van der Waals surface area contributed by atoms with E-state index >= 15 is 0 Å². The summed E-state index contributed by atoms with van der Waals surface area (Å²) >= 11 is 0. The molecular weight excluding hydrogens is 713 g/mol. The van der Waals surface area contributed by atoms with Gasteiger partial charge in [0, 0.05) is 41.2 Å². The van der Waals surface area contributed by atoms with Crippen LogP contribution >= 0.6 is 0 Å². The number of carboxylic acid groups (broad SMARTS) is 1. The van der Waals surface area contributed by atoms with E-state index in [0.717, 1.165) is 12.0 Å². The van der Waals surface area contributed by atoms with Gasteiger partial charge >= 0.3 is 5.97 Å². The highest BCUT2D eigenvalue weighted by molar-refractivity contribution is 6.00. The van der Waals surface area contributed by atoms with Crippen LogP contribution in [0.2, 0.25) is 0 Å². The summed E-state index contributed by atoms with van der Waals surface area (Å²) < 4.78 is 5.98. The van der Waals surface area contributed by atoms with E-state index in [-0.39, 0.29) is 41.1 Å². The molecule has 12 heteroatoms. The molecule has 1 heterocycles. The molecule has 1 saturated heterocycles. The molecule has 0 aromatic heterocycles. The molecule has 2 bridgehead atoms. The van der Waals surface area contributed by atoms with Crippen LogP contribution in [-0.2, 0) is 22.6 Å². The number of ether oxygens (including phenoxy) is 1. The molecule has 2 amide bonds. The van der Waals surface area contributed by atoms with Crippen molar-refractivity contribution < 1.29 is 39.3 Å². The van der Waals surface area contributed by atoms with E-state index in [2.05, 4.69) is 31.4 Å². The molecule has 3 aromatic rings. The largest absolute Gasteiger partial charge is 0.496 e. The van der Waals surface area contributed by atoms with Crippen molar-refractivity contribution in [2.24, 2.45) is 29.1 Å². The fourth-order valence-electron chi connectivity index (χ4n) is 9.64. The number of carbonyl (C=O) groups is 3. The van der Waals surface area contributed by atoms with Crippen LogP contribution in [0.25, 0.3) is 11.1 Å². The van der Waals surface area contributed by atoms with Gasteiger partial charge in [0.2, 0.25) is 5.91 Å². The number of benzene rings is 3. The molecule has 9 atom stereocenters. The highest BCUT2D eigenvalue weighted by Crippen LogP contribution is 2.61. The molecule has 1 aliphatic heterocycles. The molecule has 3 saturated carbocycles. The van der Waals surface area contributed by atoms with Gasteiger partial charge in [0.05, 0.1) is 31.9 Å². The number of hydrogen-bond acceptors (Lipinski definition) is 9. The number of nitrogens with zero attached hydrogens (tertiary/aromatic N) is 2. The molecule has 3 aliphatic carbocycles. The number of aliphatic hydroxyl groups is 2. The van der Waals surface area contributed by atoms with Gasteiger partial charge in [-0.15, -0.1) is 0 Å². The Morgan fingerprint density at radius 1 is 1.04 bits per heavy atom. The van der Waals surface area contributed by atoms with Crippen molar-refractivity contribution in [2.45, 2.75) is 83.8 Å². The molecular formula is C44H58N4O8. The number of amides is 2. The van der Waals surface area contributed by atoms with Gasteiger partial charge < -0.3 is 35.6 Å². The van der Waals surface area contributed by atoms with E-state index < -0.39 is 42.7 Å². The number of aromatic carboxylic acids is 1. The summed E-state index contributed by atoms with van der Waals surface area (Å²) in [5, 5.41) is 39.4. The van der Waals surface area contributed by atoms with E-state index in [0.29, 0.717) is 53.2 Å². The zero-order valence-electron chi connectivity index (χ0n) is 33.6. The second kappa shape index (κ2) is 17.0. The Bertz CT molecular complexity index is 1880. The molecule has 302 valence electrons. The zero-order chi connectivity index (χ0) is 40.5. The fourth-order valence-corrected chi connectivity index (χ4v) is 9.64. The maximum Gasteiger partial charge on any atom is 0.335 e. The molecule has 0 radical (unpaired) electrons. The Hall–Kier alpha value is -4.33. The van der Waals surface area contributed by atoms with Gasteiger partial charge in [-0.2, -0.15) is 5.06 Å². The average molecular weight is 771 g/mol. The minimum atomic E-state index is -1.18. The summed E-state index contributed by atoms with van der Waals surface area (Å²) in [5.41, 5.74) is 3.07. The molecule has 4 fully saturated rings. The van der Waals surface area contributed by atoms with Gasteiger partial charge in [-0.3, -0.25) is 14.4 Å². The number of para-hydroxylation sites is 1. The number of carbonyl (C=O) groups excluding carboxylic acids is 2. The fraction of sp³-hybridized carbons (Fsp3) is 0.523. The summed E-state index contributed by atoms with van der Waals surface area (Å²) in [7, 11) is 5.37. The highest BCUT2D eigenvalue weighted by Gasteiger charge is 2.57. The van der Waals surface area contributed by atoms with Gasteiger partial charge in [0.25, 0.3) is 5.91 Å². The SMILES string of the molecule is COc1c(CN2O[C@@H](CO)[C@H]([C@H](C)O)[C@H]2C(=O)N[C@H]2C[C@H]3C[C@@H]([C@@H]2C)C3(C)C)cccc1-c1cc(C(=O)O)cc(C(=O)N[C@@H](Cc2ccccc2)CN(C)C)c1. The summed E-state index contributed by atoms with van der Waals surface area (Å²) in [6.07, 6.45) is 0.885. The lowest BCUT2D eigenvalue weighted by Crippen LogP contribution is -2.62. The van der Waals surface area contributed by atoms with Crippen molar-refractivity contribution in [2.75, 3.05) is 34.4 Å². The number of aliphatic hydroxyl groups excluding tert-OH is 2. The number of hydroxylamine groups is 2. The third kappa shape index (κ3) is 8.50. The Labute approximate surface area is 330 Å². The Kier molecular flexibility index (Phi) is 12.6. The zero-order valence-corrected chi connectivity index (χ0v) is 33.6. The minimum Gasteiger partial charge on any atom is -0.496 e. The lowest BCUT2D eigenvalue weighted by Gasteiger charge is -2.62. The molecule has 0 spiro atoms. The van der Waals surface area contributed by atoms with Crippen LogP contribution in [-0.4, -0.2) is 108 Å². The molecule has 4 aliphatic rings. The first-order valence-corrected chi connectivity index (χ1v) is 19.7. The summed E-state index contributed by atoms with van der Waals surface area (Å²) in [6, 6.07) is 18.7. The number of nitrogens with one attached hydrogen (secondary N) is 2. The van der Waals surface area contributed by atoms with E-state index in [4.69, 9.17) is 9.57 Å². The van der Waals surface area contributed by atoms with E-state index in [1.165, 1.54) is 30.7 Å². The topological polar surface area (TPSA) is 161 Å². The first-order chi connectivity index (χ1) is 26.6. The molecule has 0 unspecified atom stereocenters. The van der Waals surface area contributed by atoms with Gasteiger partial charge in [-0.05, 0) is 92.8 Å². The number of rotatable bonds is 15. The minimum absolute atomic E-state index is 0.00813. The number of methoxy groups -OCH3 is 1. The van der Waals surface area contributed by atoms with Crippen molar-refractivity contribution in [3.63, 3.8) is 0 Å². The maximum atomic E-state index is 14.2. The van der Waals surface area contributed by atoms with Crippen LogP contribution in [0.1, 0.15) is 72.4 Å². The van der Waals surface area contributed by atoms with Crippen LogP contribution in [0.15, 0.2) is 66.7 Å². The molecule has 56 heavy (non-hydrogen) atoms. The van der Waals surface area contributed by atoms with Crippen molar-refractivity contribution in [3.8, 4) is 16.9 Å². The quantitative estimate of drug-likeness (QED) is 0.148. The lowest BCUT2D eigenvalue weighted by atomic mass is 9.45. The van der Waals surface area contributed by atoms with Gasteiger partial charge in [0.1, 0.15) is 17.9 Å². The van der Waals surface area contributed by atoms with Crippen molar-refractivity contribution in [1.29, 1.82) is 0 Å². The molecule has 12 nitrogen and oxygen atoms in total. The van der Waals surface area contributed by atoms with Crippen molar-refractivity contribution in [3.05, 3.63) is 89.0 Å². The third-order valence-electron chi connectivity index (χ3n) is 12.7. The lowest BCUT2D eigenvalue weighted by molar-refractivity contribution is -0.183. The predicted molar refractivity (Wildman–Crippen MR) is 213 cm³/mol. The second-order valence-corrected chi connectivity index (χ2v) is 17.0. The monoisotopic (exact) mass is 770 g/mol. The van der Waals surface area contributed by atoms with Gasteiger partial charge in [-0.1, -0.05) is 69.3 Å². The molecule has 3 aromatic carbocycles. The summed E-state index contributed by atoms with van der Waals surface area (Å²) in [6.45, 7) is 8.68. The summed E-state index contributed by atoms with van der Waals surface area (Å²) in [4.78, 5) is 48.7. The van der Waals surface area contributed by atoms with E-state index in [9.17, 15) is 29.7 Å². The number of likely N-dealkylation sites (N-methyl/N-ethyl adjacent to an activating group) is 1. The molecule has 5 N–H and O–H groups in total. The maximum absolute atomic E-state index is 14.2. The Morgan fingerprint density at radius 3 is 2.36 bits per heavy atom. The van der Waals surface area contributed by atoms with Gasteiger partial charge in [-0.25, -0.2) is 4.79 Å². The van der Waals surface area contributed by atoms with Crippen molar-refractivity contribution >= 4 is 17.8 Å². The standard InChI is InChI=1S/C44H58N4O8/c1-25-35-20-32(44(35,3)4)21-36(25)46-42(52)39-38(26(2)50)37(24-49)56-48(39)22-28-14-11-15-34(40(28)55-7)29-17-30(19-31(18-29)43(53)54)41(51)45-33(23-47(5)6)16-27-12-9-8-10-13-27/h8-15,17-19,25-26,32-33,35-39,49-50H,16,20-24H2,1-7H3,(H,45,51)(H,46,52)(H,53,54)/t25-,26-,32+,33-,35-,36-,37-,38-,39-/m0/s1. The number of fused-ring (bicyclic) bond motifs is 2. The first-order valence-electron chi connectivity index (χ1n) is 19.7. The third-order valence-corrected chi connectivity index (χ3v) is 12.7. The van der Waals surface area contributed by atoms with Crippen LogP contribution in [0.4, 0.5) is 0 Å². The van der Waals surface area contributed by atoms with Crippen LogP contribution in [0.3, 0.4) is 0 Å². The number of hydrogen-bond donors (Lipinski definition) is 5. The smallest absolute Gasteiger partial charge is 0.335 e. The predicted octanol–water partition coefficient (Wildman–Crippen LogP) is 4.62. The molecule has 7 rings (SSSR count). The van der Waals surface area contributed by atoms with E-state index in [1.807, 2.05) is 55.4 Å². The van der Waals surface area contributed by atoms with Crippen molar-refractivity contribution in [1.82, 2.24) is 20.6 Å². The summed E-state index contributed by atoms with van der Waals surface area (Å²) in [5.74, 6) is -0.796. The second-order valence-electron chi connectivity index (χ2n) is 17.0. The van der Waals surface area contributed by atoms with Crippen LogP contribution in [0.5, 0.6) is 5.75 Å². The van der Waals surface area contributed by atoms with Crippen LogP contribution in [0, 0.1) is 29.1 Å². The number of carboxylic acids is 1. The Balaban J connectivity index is 1.28. The average Bonchev–Trinajstić information content (AvgIpc) is 3.53. The van der Waals surface area contributed by atoms with E-state index in [1.54, 1.807) is 25.1 Å². The first kappa shape index (κ1) is 41.3. The van der Waals surface area contributed by atoms with Crippen LogP contribution < -0.4 is 15.4 Å². The normalized spacial score (nSPS) is 26.6.